The average molecular weight is 359 g/mol. The van der Waals surface area contributed by atoms with Crippen molar-refractivity contribution in [3.8, 4) is 0 Å². The fourth-order valence-corrected chi connectivity index (χ4v) is 3.32. The number of guanidine groups is 1. The predicted octanol–water partition coefficient (Wildman–Crippen LogP) is 2.99. The molecule has 144 valence electrons. The van der Waals surface area contributed by atoms with Gasteiger partial charge in [0.25, 0.3) is 0 Å². The number of amides is 1. The van der Waals surface area contributed by atoms with E-state index in [0.717, 1.165) is 38.6 Å². The highest BCUT2D eigenvalue weighted by molar-refractivity contribution is 5.81. The maximum atomic E-state index is 12.4. The van der Waals surface area contributed by atoms with Crippen LogP contribution >= 0.6 is 0 Å². The molecule has 1 fully saturated rings. The summed E-state index contributed by atoms with van der Waals surface area (Å²) in [5, 5.41) is 6.56. The van der Waals surface area contributed by atoms with E-state index in [-0.39, 0.29) is 5.91 Å². The number of nitrogens with zero attached hydrogens (tertiary/aromatic N) is 2. The van der Waals surface area contributed by atoms with Crippen LogP contribution in [0.4, 0.5) is 0 Å². The van der Waals surface area contributed by atoms with Gasteiger partial charge < -0.3 is 15.5 Å². The van der Waals surface area contributed by atoms with Crippen molar-refractivity contribution < 1.29 is 4.79 Å². The molecule has 0 aliphatic carbocycles. The number of aliphatic imine (C=N–C) groups is 1. The van der Waals surface area contributed by atoms with Crippen LogP contribution in [0.25, 0.3) is 0 Å². The zero-order chi connectivity index (χ0) is 18.8. The van der Waals surface area contributed by atoms with E-state index >= 15 is 0 Å². The van der Waals surface area contributed by atoms with Crippen molar-refractivity contribution in [3.05, 3.63) is 35.9 Å². The average Bonchev–Trinajstić information content (AvgIpc) is 2.66. The molecule has 0 bridgehead atoms. The number of rotatable bonds is 7. The molecule has 0 spiro atoms. The third-order valence-corrected chi connectivity index (χ3v) is 4.88. The molecule has 2 unspecified atom stereocenters. The number of nitrogens with one attached hydrogen (secondary N) is 2. The Morgan fingerprint density at radius 3 is 2.77 bits per heavy atom. The molecule has 1 heterocycles. The van der Waals surface area contributed by atoms with Gasteiger partial charge in [-0.2, -0.15) is 0 Å². The Morgan fingerprint density at radius 1 is 1.31 bits per heavy atom. The molecular formula is C21H34N4O. The molecule has 1 aliphatic heterocycles. The fraction of sp³-hybridized carbons (Fsp3) is 0.619. The van der Waals surface area contributed by atoms with E-state index in [1.165, 1.54) is 12.0 Å². The number of hydrogen-bond acceptors (Lipinski definition) is 2. The number of carbonyl (C=O) groups is 1. The minimum atomic E-state index is 0.248. The monoisotopic (exact) mass is 358 g/mol. The van der Waals surface area contributed by atoms with Gasteiger partial charge in [0.2, 0.25) is 5.91 Å². The molecule has 1 amide bonds. The minimum absolute atomic E-state index is 0.248. The molecule has 2 N–H and O–H groups in total. The molecule has 1 aromatic rings. The highest BCUT2D eigenvalue weighted by Crippen LogP contribution is 2.16. The summed E-state index contributed by atoms with van der Waals surface area (Å²) in [6.45, 7) is 10.4. The van der Waals surface area contributed by atoms with E-state index in [9.17, 15) is 4.79 Å². The summed E-state index contributed by atoms with van der Waals surface area (Å²) < 4.78 is 0. The molecule has 1 saturated heterocycles. The normalized spacial score (nSPS) is 19.1. The third-order valence-electron chi connectivity index (χ3n) is 4.88. The van der Waals surface area contributed by atoms with Crippen LogP contribution in [0.2, 0.25) is 0 Å². The second-order valence-corrected chi connectivity index (χ2v) is 7.30. The molecule has 5 nitrogen and oxygen atoms in total. The minimum Gasteiger partial charge on any atom is -0.357 e. The van der Waals surface area contributed by atoms with Crippen molar-refractivity contribution in [1.82, 2.24) is 15.5 Å². The van der Waals surface area contributed by atoms with E-state index in [1.807, 2.05) is 11.0 Å². The fourth-order valence-electron chi connectivity index (χ4n) is 3.32. The van der Waals surface area contributed by atoms with Crippen LogP contribution in [-0.2, 0) is 4.79 Å². The smallest absolute Gasteiger partial charge is 0.224 e. The number of likely N-dealkylation sites (tertiary alicyclic amines) is 1. The molecule has 2 atom stereocenters. The van der Waals surface area contributed by atoms with E-state index in [2.05, 4.69) is 60.7 Å². The van der Waals surface area contributed by atoms with Crippen LogP contribution in [0.1, 0.15) is 51.5 Å². The maximum absolute atomic E-state index is 12.4. The Balaban J connectivity index is 1.78. The summed E-state index contributed by atoms with van der Waals surface area (Å²) in [5.41, 5.74) is 1.29. The highest BCUT2D eigenvalue weighted by atomic mass is 16.2. The molecule has 0 aromatic heterocycles. The Labute approximate surface area is 158 Å². The molecule has 2 rings (SSSR count). The van der Waals surface area contributed by atoms with E-state index < -0.39 is 0 Å². The summed E-state index contributed by atoms with van der Waals surface area (Å²) >= 11 is 0. The van der Waals surface area contributed by atoms with Gasteiger partial charge in [0, 0.05) is 45.1 Å². The Morgan fingerprint density at radius 2 is 2.08 bits per heavy atom. The molecule has 26 heavy (non-hydrogen) atoms. The lowest BCUT2D eigenvalue weighted by Crippen LogP contribution is -2.42. The van der Waals surface area contributed by atoms with Crippen molar-refractivity contribution in [2.45, 2.75) is 46.0 Å². The molecule has 0 radical (unpaired) electrons. The van der Waals surface area contributed by atoms with Gasteiger partial charge in [-0.25, -0.2) is 0 Å². The topological polar surface area (TPSA) is 56.7 Å². The van der Waals surface area contributed by atoms with Gasteiger partial charge in [-0.3, -0.25) is 9.79 Å². The van der Waals surface area contributed by atoms with Gasteiger partial charge in [0.1, 0.15) is 0 Å². The standard InChI is InChI=1S/C21H34N4O/c1-4-22-21(24-15-18(3)19-10-6-5-7-11-19)23-13-12-20(26)25-14-8-9-17(2)16-25/h5-7,10-11,17-18H,4,8-9,12-16H2,1-3H3,(H2,22,23,24). The lowest BCUT2D eigenvalue weighted by molar-refractivity contribution is -0.132. The first-order chi connectivity index (χ1) is 12.6. The van der Waals surface area contributed by atoms with Gasteiger partial charge in [-0.05, 0) is 31.2 Å². The van der Waals surface area contributed by atoms with Gasteiger partial charge in [0.15, 0.2) is 5.96 Å². The highest BCUT2D eigenvalue weighted by Gasteiger charge is 2.20. The quantitative estimate of drug-likeness (QED) is 0.582. The molecule has 1 aromatic carbocycles. The summed E-state index contributed by atoms with van der Waals surface area (Å²) in [6.07, 6.45) is 2.88. The van der Waals surface area contributed by atoms with Crippen LogP contribution in [0, 0.1) is 5.92 Å². The molecule has 1 aliphatic rings. The first kappa shape index (κ1) is 20.3. The lowest BCUT2D eigenvalue weighted by Gasteiger charge is -2.31. The van der Waals surface area contributed by atoms with Crippen molar-refractivity contribution in [2.24, 2.45) is 10.9 Å². The Hall–Kier alpha value is -2.04. The van der Waals surface area contributed by atoms with E-state index in [1.54, 1.807) is 0 Å². The number of benzene rings is 1. The van der Waals surface area contributed by atoms with Crippen LogP contribution < -0.4 is 10.6 Å². The Kier molecular flexibility index (Phi) is 8.45. The van der Waals surface area contributed by atoms with Gasteiger partial charge >= 0.3 is 0 Å². The van der Waals surface area contributed by atoms with Crippen LogP contribution in [0.15, 0.2) is 35.3 Å². The zero-order valence-electron chi connectivity index (χ0n) is 16.5. The van der Waals surface area contributed by atoms with Crippen LogP contribution in [-0.4, -0.2) is 49.5 Å². The van der Waals surface area contributed by atoms with Gasteiger partial charge in [-0.15, -0.1) is 0 Å². The van der Waals surface area contributed by atoms with Crippen molar-refractivity contribution in [1.29, 1.82) is 0 Å². The second-order valence-electron chi connectivity index (χ2n) is 7.30. The van der Waals surface area contributed by atoms with Crippen LogP contribution in [0.5, 0.6) is 0 Å². The summed E-state index contributed by atoms with van der Waals surface area (Å²) in [4.78, 5) is 19.1. The Bertz CT molecular complexity index is 573. The first-order valence-corrected chi connectivity index (χ1v) is 9.95. The maximum Gasteiger partial charge on any atom is 0.224 e. The van der Waals surface area contributed by atoms with Crippen molar-refractivity contribution in [2.75, 3.05) is 32.7 Å². The SMILES string of the molecule is CCNC(=NCC(C)c1ccccc1)NCCC(=O)N1CCCC(C)C1. The molecular weight excluding hydrogens is 324 g/mol. The summed E-state index contributed by atoms with van der Waals surface area (Å²) in [7, 11) is 0. The number of hydrogen-bond donors (Lipinski definition) is 2. The van der Waals surface area contributed by atoms with Gasteiger partial charge in [0.05, 0.1) is 0 Å². The summed E-state index contributed by atoms with van der Waals surface area (Å²) in [6, 6.07) is 10.4. The van der Waals surface area contributed by atoms with E-state index in [0.29, 0.717) is 24.8 Å². The number of piperidine rings is 1. The number of carbonyl (C=O) groups excluding carboxylic acids is 1. The van der Waals surface area contributed by atoms with Crippen molar-refractivity contribution >= 4 is 11.9 Å². The zero-order valence-corrected chi connectivity index (χ0v) is 16.5. The first-order valence-electron chi connectivity index (χ1n) is 9.95. The van der Waals surface area contributed by atoms with Crippen molar-refractivity contribution in [3.63, 3.8) is 0 Å². The van der Waals surface area contributed by atoms with E-state index in [4.69, 9.17) is 0 Å². The van der Waals surface area contributed by atoms with Crippen LogP contribution in [0.3, 0.4) is 0 Å². The summed E-state index contributed by atoms with van der Waals surface area (Å²) in [5.74, 6) is 2.02. The largest absolute Gasteiger partial charge is 0.357 e. The molecule has 0 saturated carbocycles. The second kappa shape index (κ2) is 10.8. The van der Waals surface area contributed by atoms with Gasteiger partial charge in [-0.1, -0.05) is 44.2 Å². The molecule has 5 heteroatoms. The third kappa shape index (κ3) is 6.70. The lowest BCUT2D eigenvalue weighted by atomic mass is 10.00. The predicted molar refractivity (Wildman–Crippen MR) is 108 cm³/mol.